The first kappa shape index (κ1) is 16.2. The summed E-state index contributed by atoms with van der Waals surface area (Å²) in [5.74, 6) is -0.326. The lowest BCUT2D eigenvalue weighted by molar-refractivity contribution is -0.143. The summed E-state index contributed by atoms with van der Waals surface area (Å²) in [5.41, 5.74) is 3.80. The zero-order valence-corrected chi connectivity index (χ0v) is 13.9. The third kappa shape index (κ3) is 3.19. The molecule has 1 N–H and O–H groups in total. The number of ether oxygens (including phenoxy) is 1. The van der Waals surface area contributed by atoms with Crippen LogP contribution in [0.3, 0.4) is 0 Å². The summed E-state index contributed by atoms with van der Waals surface area (Å²) in [5, 5.41) is 12.3. The highest BCUT2D eigenvalue weighted by molar-refractivity contribution is 5.75. The Labute approximate surface area is 130 Å². The zero-order chi connectivity index (χ0) is 16.4. The second-order valence-electron chi connectivity index (χ2n) is 5.53. The zero-order valence-electron chi connectivity index (χ0n) is 13.9. The molecular weight excluding hydrogens is 282 g/mol. The van der Waals surface area contributed by atoms with Crippen molar-refractivity contribution in [1.82, 2.24) is 24.9 Å². The molecule has 0 bridgehead atoms. The van der Waals surface area contributed by atoms with E-state index in [1.54, 1.807) is 6.92 Å². The number of carbonyl (C=O) groups excluding carboxylic acids is 1. The number of aryl methyl sites for hydroxylation is 4. The quantitative estimate of drug-likeness (QED) is 0.847. The normalized spacial score (nSPS) is 12.7. The number of hydrogen-bond donors (Lipinski definition) is 1. The van der Waals surface area contributed by atoms with E-state index < -0.39 is 12.3 Å². The second-order valence-corrected chi connectivity index (χ2v) is 5.53. The Morgan fingerprint density at radius 3 is 1.86 bits per heavy atom. The summed E-state index contributed by atoms with van der Waals surface area (Å²) < 4.78 is 8.45. The average Bonchev–Trinajstić information content (AvgIpc) is 2.96. The Morgan fingerprint density at radius 2 is 1.55 bits per heavy atom. The molecule has 0 fully saturated rings. The third-order valence-corrected chi connectivity index (χ3v) is 3.51. The standard InChI is InChI=1S/C15H23N5O2/c1-9-7-11(3)19(17-9)15(16-13(5)14(21)22-6)20-12(4)8-10(2)18-20/h7-8,13,15-16H,1-6H3. The van der Waals surface area contributed by atoms with Gasteiger partial charge in [-0.3, -0.25) is 10.1 Å². The van der Waals surface area contributed by atoms with Crippen LogP contribution in [0.2, 0.25) is 0 Å². The van der Waals surface area contributed by atoms with Gasteiger partial charge in [0, 0.05) is 11.4 Å². The van der Waals surface area contributed by atoms with Gasteiger partial charge in [-0.05, 0) is 46.8 Å². The van der Waals surface area contributed by atoms with E-state index in [9.17, 15) is 4.79 Å². The van der Waals surface area contributed by atoms with Crippen molar-refractivity contribution < 1.29 is 9.53 Å². The van der Waals surface area contributed by atoms with Gasteiger partial charge in [-0.1, -0.05) is 0 Å². The van der Waals surface area contributed by atoms with Crippen molar-refractivity contribution >= 4 is 5.97 Å². The van der Waals surface area contributed by atoms with Gasteiger partial charge in [0.1, 0.15) is 6.04 Å². The van der Waals surface area contributed by atoms with Gasteiger partial charge in [0.2, 0.25) is 0 Å². The number of esters is 1. The lowest BCUT2D eigenvalue weighted by atomic mass is 10.3. The number of rotatable bonds is 5. The second kappa shape index (κ2) is 6.31. The minimum Gasteiger partial charge on any atom is -0.468 e. The molecular formula is C15H23N5O2. The van der Waals surface area contributed by atoms with Gasteiger partial charge in [-0.2, -0.15) is 10.2 Å². The maximum atomic E-state index is 11.7. The van der Waals surface area contributed by atoms with Gasteiger partial charge >= 0.3 is 5.97 Å². The minimum atomic E-state index is -0.484. The van der Waals surface area contributed by atoms with Gasteiger partial charge in [0.25, 0.3) is 0 Å². The highest BCUT2D eigenvalue weighted by atomic mass is 16.5. The largest absolute Gasteiger partial charge is 0.468 e. The Hall–Kier alpha value is -2.15. The highest BCUT2D eigenvalue weighted by Crippen LogP contribution is 2.15. The van der Waals surface area contributed by atoms with E-state index in [1.807, 2.05) is 49.2 Å². The molecule has 7 heteroatoms. The number of methoxy groups -OCH3 is 1. The highest BCUT2D eigenvalue weighted by Gasteiger charge is 2.24. The molecule has 0 radical (unpaired) electrons. The number of aromatic nitrogens is 4. The molecule has 1 atom stereocenters. The van der Waals surface area contributed by atoms with Crippen LogP contribution in [0.4, 0.5) is 0 Å². The molecule has 0 aliphatic carbocycles. The molecule has 0 aliphatic heterocycles. The molecule has 2 aromatic heterocycles. The molecule has 2 aromatic rings. The molecule has 0 saturated carbocycles. The Bertz CT molecular complexity index is 627. The van der Waals surface area contributed by atoms with E-state index >= 15 is 0 Å². The lowest BCUT2D eigenvalue weighted by Gasteiger charge is -2.25. The summed E-state index contributed by atoms with van der Waals surface area (Å²) >= 11 is 0. The van der Waals surface area contributed by atoms with Crippen LogP contribution in [0.15, 0.2) is 12.1 Å². The summed E-state index contributed by atoms with van der Waals surface area (Å²) in [6.45, 7) is 9.58. The summed E-state index contributed by atoms with van der Waals surface area (Å²) in [4.78, 5) is 11.7. The fourth-order valence-corrected chi connectivity index (χ4v) is 2.50. The molecule has 0 amide bonds. The summed E-state index contributed by atoms with van der Waals surface area (Å²) in [6, 6.07) is 3.50. The summed E-state index contributed by atoms with van der Waals surface area (Å²) in [6.07, 6.45) is -0.392. The SMILES string of the molecule is COC(=O)C(C)NC(n1nc(C)cc1C)n1nc(C)cc1C. The Kier molecular flexibility index (Phi) is 4.65. The van der Waals surface area contributed by atoms with Crippen LogP contribution >= 0.6 is 0 Å². The molecule has 0 aromatic carbocycles. The van der Waals surface area contributed by atoms with Gasteiger partial charge in [0.15, 0.2) is 6.29 Å². The van der Waals surface area contributed by atoms with Crippen molar-refractivity contribution in [3.63, 3.8) is 0 Å². The molecule has 120 valence electrons. The van der Waals surface area contributed by atoms with Gasteiger partial charge in [-0.25, -0.2) is 9.36 Å². The molecule has 22 heavy (non-hydrogen) atoms. The van der Waals surface area contributed by atoms with Crippen LogP contribution in [-0.2, 0) is 9.53 Å². The van der Waals surface area contributed by atoms with Gasteiger partial charge in [-0.15, -0.1) is 0 Å². The Balaban J connectivity index is 2.43. The van der Waals surface area contributed by atoms with E-state index in [0.29, 0.717) is 0 Å². The fraction of sp³-hybridized carbons (Fsp3) is 0.533. The van der Waals surface area contributed by atoms with E-state index in [1.165, 1.54) is 7.11 Å². The molecule has 0 saturated heterocycles. The smallest absolute Gasteiger partial charge is 0.322 e. The fourth-order valence-electron chi connectivity index (χ4n) is 2.50. The molecule has 2 heterocycles. The van der Waals surface area contributed by atoms with Crippen molar-refractivity contribution in [2.75, 3.05) is 7.11 Å². The first-order chi connectivity index (χ1) is 10.3. The number of carbonyl (C=O) groups is 1. The van der Waals surface area contributed by atoms with Crippen molar-refractivity contribution in [2.24, 2.45) is 0 Å². The molecule has 0 aliphatic rings. The first-order valence-electron chi connectivity index (χ1n) is 7.23. The lowest BCUT2D eigenvalue weighted by Crippen LogP contribution is -2.44. The maximum Gasteiger partial charge on any atom is 0.322 e. The van der Waals surface area contributed by atoms with E-state index in [0.717, 1.165) is 22.8 Å². The minimum absolute atomic E-state index is 0.326. The number of hydrogen-bond acceptors (Lipinski definition) is 5. The van der Waals surface area contributed by atoms with E-state index in [2.05, 4.69) is 15.5 Å². The first-order valence-corrected chi connectivity index (χ1v) is 7.23. The van der Waals surface area contributed by atoms with Crippen LogP contribution in [0.25, 0.3) is 0 Å². The van der Waals surface area contributed by atoms with Crippen LogP contribution in [0.1, 0.15) is 36.0 Å². The number of nitrogens with zero attached hydrogens (tertiary/aromatic N) is 4. The van der Waals surface area contributed by atoms with E-state index in [4.69, 9.17) is 4.74 Å². The topological polar surface area (TPSA) is 74.0 Å². The average molecular weight is 305 g/mol. The maximum absolute atomic E-state index is 11.7. The van der Waals surface area contributed by atoms with Crippen LogP contribution < -0.4 is 5.32 Å². The molecule has 1 unspecified atom stereocenters. The van der Waals surface area contributed by atoms with Crippen LogP contribution in [0, 0.1) is 27.7 Å². The third-order valence-electron chi connectivity index (χ3n) is 3.51. The van der Waals surface area contributed by atoms with E-state index in [-0.39, 0.29) is 5.97 Å². The van der Waals surface area contributed by atoms with Crippen molar-refractivity contribution in [3.05, 3.63) is 34.9 Å². The van der Waals surface area contributed by atoms with Crippen LogP contribution in [0.5, 0.6) is 0 Å². The van der Waals surface area contributed by atoms with Gasteiger partial charge in [0.05, 0.1) is 18.5 Å². The van der Waals surface area contributed by atoms with Crippen molar-refractivity contribution in [2.45, 2.75) is 47.0 Å². The molecule has 7 nitrogen and oxygen atoms in total. The summed E-state index contributed by atoms with van der Waals surface area (Å²) in [7, 11) is 1.38. The predicted molar refractivity (Wildman–Crippen MR) is 82.5 cm³/mol. The Morgan fingerprint density at radius 1 is 1.09 bits per heavy atom. The van der Waals surface area contributed by atoms with Crippen LogP contribution in [-0.4, -0.2) is 38.7 Å². The molecule has 0 spiro atoms. The number of nitrogens with one attached hydrogen (secondary N) is 1. The predicted octanol–water partition coefficient (Wildman–Crippen LogP) is 1.47. The monoisotopic (exact) mass is 305 g/mol. The van der Waals surface area contributed by atoms with Gasteiger partial charge < -0.3 is 4.74 Å². The van der Waals surface area contributed by atoms with Crippen molar-refractivity contribution in [3.8, 4) is 0 Å². The van der Waals surface area contributed by atoms with Crippen molar-refractivity contribution in [1.29, 1.82) is 0 Å². The molecule has 2 rings (SSSR count).